The molecule has 0 saturated heterocycles. The van der Waals surface area contributed by atoms with Crippen LogP contribution in [0, 0.1) is 24.7 Å². The maximum Gasteiger partial charge on any atom is 0.315 e. The van der Waals surface area contributed by atoms with Crippen LogP contribution >= 0.6 is 0 Å². The van der Waals surface area contributed by atoms with E-state index in [4.69, 9.17) is 4.42 Å². The van der Waals surface area contributed by atoms with Crippen molar-refractivity contribution in [2.75, 3.05) is 5.32 Å². The van der Waals surface area contributed by atoms with Crippen molar-refractivity contribution < 1.29 is 4.42 Å². The normalized spacial score (nSPS) is 43.0. The monoisotopic (exact) mass is 233 g/mol. The molecule has 92 valence electrons. The molecule has 4 heteroatoms. The molecular weight excluding hydrogens is 214 g/mol. The van der Waals surface area contributed by atoms with Crippen molar-refractivity contribution in [2.24, 2.45) is 17.8 Å². The summed E-state index contributed by atoms with van der Waals surface area (Å²) in [4.78, 5) is 0. The highest BCUT2D eigenvalue weighted by molar-refractivity contribution is 5.27. The number of rotatable bonds is 2. The Balaban J connectivity index is 1.60. The van der Waals surface area contributed by atoms with Gasteiger partial charge in [0, 0.05) is 12.5 Å². The van der Waals surface area contributed by atoms with Crippen molar-refractivity contribution in [3.63, 3.8) is 0 Å². The topological polar surface area (TPSA) is 51.0 Å². The third kappa shape index (κ3) is 1.57. The fourth-order valence-electron chi connectivity index (χ4n) is 4.84. The summed E-state index contributed by atoms with van der Waals surface area (Å²) in [6.07, 6.45) is 8.30. The van der Waals surface area contributed by atoms with E-state index in [1.807, 2.05) is 6.92 Å². The quantitative estimate of drug-likeness (QED) is 0.853. The molecule has 4 aliphatic carbocycles. The molecular formula is C13H19N3O. The molecule has 1 N–H and O–H groups in total. The zero-order valence-corrected chi connectivity index (χ0v) is 10.3. The second kappa shape index (κ2) is 3.24. The van der Waals surface area contributed by atoms with E-state index in [1.54, 1.807) is 0 Å². The molecule has 0 amide bonds. The van der Waals surface area contributed by atoms with Crippen LogP contribution in [0.4, 0.5) is 6.01 Å². The van der Waals surface area contributed by atoms with Gasteiger partial charge in [0.25, 0.3) is 0 Å². The predicted octanol–water partition coefficient (Wildman–Crippen LogP) is 2.76. The molecule has 0 aromatic carbocycles. The standard InChI is InChI=1S/C13H19N3O/c1-8-15-16-12(17-8)14-13-5-9-2-10(6-13)4-11(3-9)7-13/h9-11H,2-7H2,1H3,(H,14,16). The van der Waals surface area contributed by atoms with Crippen LogP contribution in [0.15, 0.2) is 4.42 Å². The van der Waals surface area contributed by atoms with E-state index in [9.17, 15) is 0 Å². The molecule has 4 saturated carbocycles. The Morgan fingerprint density at radius 1 is 1.06 bits per heavy atom. The maximum absolute atomic E-state index is 5.49. The summed E-state index contributed by atoms with van der Waals surface area (Å²) in [5.74, 6) is 3.48. The van der Waals surface area contributed by atoms with Gasteiger partial charge in [0.15, 0.2) is 0 Å². The van der Waals surface area contributed by atoms with Gasteiger partial charge in [-0.2, -0.15) is 0 Å². The fourth-order valence-corrected chi connectivity index (χ4v) is 4.84. The lowest BCUT2D eigenvalue weighted by Gasteiger charge is -2.56. The number of nitrogens with one attached hydrogen (secondary N) is 1. The lowest BCUT2D eigenvalue weighted by atomic mass is 9.53. The molecule has 17 heavy (non-hydrogen) atoms. The first-order valence-electron chi connectivity index (χ1n) is 6.79. The minimum absolute atomic E-state index is 0.272. The summed E-state index contributed by atoms with van der Waals surface area (Å²) >= 11 is 0. The van der Waals surface area contributed by atoms with Crippen LogP contribution in [0.1, 0.15) is 44.4 Å². The van der Waals surface area contributed by atoms with Crippen LogP contribution in [0.5, 0.6) is 0 Å². The van der Waals surface area contributed by atoms with Crippen LogP contribution in [0.3, 0.4) is 0 Å². The summed E-state index contributed by atoms with van der Waals surface area (Å²) in [7, 11) is 0. The summed E-state index contributed by atoms with van der Waals surface area (Å²) in [5, 5.41) is 11.6. The maximum atomic E-state index is 5.49. The fraction of sp³-hybridized carbons (Fsp3) is 0.846. The largest absolute Gasteiger partial charge is 0.408 e. The Morgan fingerprint density at radius 2 is 1.65 bits per heavy atom. The van der Waals surface area contributed by atoms with Gasteiger partial charge in [0.1, 0.15) is 0 Å². The van der Waals surface area contributed by atoms with Gasteiger partial charge in [0.05, 0.1) is 0 Å². The number of aryl methyl sites for hydroxylation is 1. The summed E-state index contributed by atoms with van der Waals surface area (Å²) in [5.41, 5.74) is 0.272. The lowest BCUT2D eigenvalue weighted by Crippen LogP contribution is -2.54. The molecule has 0 unspecified atom stereocenters. The SMILES string of the molecule is Cc1nnc(NC23CC4CC(CC(C4)C2)C3)o1. The molecule has 1 heterocycles. The van der Waals surface area contributed by atoms with E-state index < -0.39 is 0 Å². The minimum Gasteiger partial charge on any atom is -0.408 e. The van der Waals surface area contributed by atoms with E-state index in [1.165, 1.54) is 38.5 Å². The molecule has 4 bridgehead atoms. The van der Waals surface area contributed by atoms with E-state index in [0.29, 0.717) is 11.9 Å². The molecule has 4 nitrogen and oxygen atoms in total. The number of nitrogens with zero attached hydrogens (tertiary/aromatic N) is 2. The van der Waals surface area contributed by atoms with Gasteiger partial charge < -0.3 is 9.73 Å². The van der Waals surface area contributed by atoms with E-state index >= 15 is 0 Å². The van der Waals surface area contributed by atoms with Gasteiger partial charge in [0.2, 0.25) is 5.89 Å². The summed E-state index contributed by atoms with van der Waals surface area (Å²) < 4.78 is 5.49. The van der Waals surface area contributed by atoms with Gasteiger partial charge in [-0.25, -0.2) is 0 Å². The highest BCUT2D eigenvalue weighted by atomic mass is 16.4. The average Bonchev–Trinajstić information content (AvgIpc) is 2.60. The van der Waals surface area contributed by atoms with Crippen LogP contribution in [0.25, 0.3) is 0 Å². The third-order valence-electron chi connectivity index (χ3n) is 4.94. The molecule has 1 aromatic heterocycles. The van der Waals surface area contributed by atoms with Gasteiger partial charge >= 0.3 is 6.01 Å². The van der Waals surface area contributed by atoms with Gasteiger partial charge in [-0.15, -0.1) is 5.10 Å². The van der Waals surface area contributed by atoms with Gasteiger partial charge in [-0.3, -0.25) is 0 Å². The second-order valence-corrected chi connectivity index (χ2v) is 6.45. The van der Waals surface area contributed by atoms with Crippen molar-refractivity contribution in [1.29, 1.82) is 0 Å². The minimum atomic E-state index is 0.272. The van der Waals surface area contributed by atoms with Gasteiger partial charge in [-0.05, 0) is 56.3 Å². The molecule has 0 atom stereocenters. The Labute approximate surface area is 101 Å². The van der Waals surface area contributed by atoms with Crippen molar-refractivity contribution >= 4 is 6.01 Å². The van der Waals surface area contributed by atoms with Gasteiger partial charge in [-0.1, -0.05) is 5.10 Å². The van der Waals surface area contributed by atoms with Crippen LogP contribution in [-0.2, 0) is 0 Å². The summed E-state index contributed by atoms with van der Waals surface area (Å²) in [6, 6.07) is 0.629. The first-order valence-corrected chi connectivity index (χ1v) is 6.79. The smallest absolute Gasteiger partial charge is 0.315 e. The van der Waals surface area contributed by atoms with E-state index in [2.05, 4.69) is 15.5 Å². The molecule has 0 radical (unpaired) electrons. The van der Waals surface area contributed by atoms with E-state index in [0.717, 1.165) is 17.8 Å². The Morgan fingerprint density at radius 3 is 2.12 bits per heavy atom. The lowest BCUT2D eigenvalue weighted by molar-refractivity contribution is 0.00960. The highest BCUT2D eigenvalue weighted by Crippen LogP contribution is 2.56. The third-order valence-corrected chi connectivity index (χ3v) is 4.94. The second-order valence-electron chi connectivity index (χ2n) is 6.45. The molecule has 5 rings (SSSR count). The summed E-state index contributed by atoms with van der Waals surface area (Å²) in [6.45, 7) is 1.85. The Hall–Kier alpha value is -1.06. The van der Waals surface area contributed by atoms with E-state index in [-0.39, 0.29) is 5.54 Å². The zero-order chi connectivity index (χ0) is 11.5. The molecule has 0 spiro atoms. The number of hydrogen-bond donors (Lipinski definition) is 1. The Bertz CT molecular complexity index is 404. The Kier molecular flexibility index (Phi) is 1.89. The van der Waals surface area contributed by atoms with Crippen LogP contribution in [0.2, 0.25) is 0 Å². The van der Waals surface area contributed by atoms with Crippen LogP contribution in [-0.4, -0.2) is 15.7 Å². The highest BCUT2D eigenvalue weighted by Gasteiger charge is 2.51. The van der Waals surface area contributed by atoms with Crippen molar-refractivity contribution in [3.05, 3.63) is 5.89 Å². The van der Waals surface area contributed by atoms with Crippen molar-refractivity contribution in [1.82, 2.24) is 10.2 Å². The molecule has 0 aliphatic heterocycles. The van der Waals surface area contributed by atoms with Crippen LogP contribution < -0.4 is 5.32 Å². The first-order chi connectivity index (χ1) is 8.21. The average molecular weight is 233 g/mol. The number of aromatic nitrogens is 2. The predicted molar refractivity (Wildman–Crippen MR) is 63.6 cm³/mol. The molecule has 1 aromatic rings. The zero-order valence-electron chi connectivity index (χ0n) is 10.3. The van der Waals surface area contributed by atoms with Crippen molar-refractivity contribution in [2.45, 2.75) is 51.0 Å². The number of anilines is 1. The first kappa shape index (κ1) is 9.92. The number of hydrogen-bond acceptors (Lipinski definition) is 4. The molecule has 4 aliphatic rings. The van der Waals surface area contributed by atoms with Crippen molar-refractivity contribution in [3.8, 4) is 0 Å². The molecule has 4 fully saturated rings.